The Morgan fingerprint density at radius 1 is 1.50 bits per heavy atom. The van der Waals surface area contributed by atoms with Crippen molar-refractivity contribution in [2.75, 3.05) is 19.6 Å². The zero-order valence-corrected chi connectivity index (χ0v) is 13.3. The highest BCUT2D eigenvalue weighted by Gasteiger charge is 2.25. The summed E-state index contributed by atoms with van der Waals surface area (Å²) in [6.45, 7) is 8.75. The Labute approximate surface area is 123 Å². The lowest BCUT2D eigenvalue weighted by molar-refractivity contribution is 0.117. The van der Waals surface area contributed by atoms with Crippen molar-refractivity contribution >= 4 is 27.5 Å². The minimum Gasteiger partial charge on any atom is -0.314 e. The first-order valence-electron chi connectivity index (χ1n) is 6.46. The lowest BCUT2D eigenvalue weighted by Crippen LogP contribution is -2.52. The van der Waals surface area contributed by atoms with E-state index in [1.54, 1.807) is 0 Å². The molecule has 1 fully saturated rings. The van der Waals surface area contributed by atoms with Gasteiger partial charge in [-0.25, -0.2) is 0 Å². The molecule has 2 nitrogen and oxygen atoms in total. The van der Waals surface area contributed by atoms with E-state index in [-0.39, 0.29) is 0 Å². The average molecular weight is 332 g/mol. The van der Waals surface area contributed by atoms with E-state index in [1.165, 1.54) is 5.56 Å². The highest BCUT2D eigenvalue weighted by molar-refractivity contribution is 9.10. The van der Waals surface area contributed by atoms with Gasteiger partial charge in [-0.2, -0.15) is 0 Å². The van der Waals surface area contributed by atoms with Crippen molar-refractivity contribution in [3.63, 3.8) is 0 Å². The largest absolute Gasteiger partial charge is 0.314 e. The molecule has 0 radical (unpaired) electrons. The van der Waals surface area contributed by atoms with Crippen molar-refractivity contribution in [2.24, 2.45) is 5.92 Å². The SMILES string of the molecule is CC(C)C1CNCCN1Cc1ccc(Br)cc1Cl. The van der Waals surface area contributed by atoms with Gasteiger partial charge in [0.1, 0.15) is 0 Å². The van der Waals surface area contributed by atoms with Crippen LogP contribution in [0.4, 0.5) is 0 Å². The summed E-state index contributed by atoms with van der Waals surface area (Å²) in [6.07, 6.45) is 0. The van der Waals surface area contributed by atoms with Gasteiger partial charge >= 0.3 is 0 Å². The molecule has 0 bridgehead atoms. The number of nitrogens with one attached hydrogen (secondary N) is 1. The lowest BCUT2D eigenvalue weighted by atomic mass is 10.00. The normalized spacial score (nSPS) is 21.5. The topological polar surface area (TPSA) is 15.3 Å². The molecule has 0 amide bonds. The quantitative estimate of drug-likeness (QED) is 0.911. The number of hydrogen-bond donors (Lipinski definition) is 1. The molecule has 100 valence electrons. The third-order valence-electron chi connectivity index (χ3n) is 3.56. The van der Waals surface area contributed by atoms with Gasteiger partial charge in [-0.3, -0.25) is 4.90 Å². The molecular formula is C14H20BrClN2. The third kappa shape index (κ3) is 3.47. The van der Waals surface area contributed by atoms with E-state index in [2.05, 4.69) is 52.1 Å². The van der Waals surface area contributed by atoms with E-state index in [0.29, 0.717) is 12.0 Å². The molecule has 1 N–H and O–H groups in total. The molecule has 4 heteroatoms. The summed E-state index contributed by atoms with van der Waals surface area (Å²) in [7, 11) is 0. The van der Waals surface area contributed by atoms with Crippen LogP contribution in [-0.2, 0) is 6.54 Å². The Hall–Kier alpha value is -0.0900. The molecule has 0 aliphatic carbocycles. The second-order valence-corrected chi connectivity index (χ2v) is 6.54. The van der Waals surface area contributed by atoms with Gasteiger partial charge in [-0.1, -0.05) is 47.4 Å². The summed E-state index contributed by atoms with van der Waals surface area (Å²) >= 11 is 9.75. The van der Waals surface area contributed by atoms with E-state index in [1.807, 2.05) is 6.07 Å². The van der Waals surface area contributed by atoms with E-state index in [9.17, 15) is 0 Å². The number of benzene rings is 1. The van der Waals surface area contributed by atoms with Crippen LogP contribution in [0.2, 0.25) is 5.02 Å². The zero-order valence-electron chi connectivity index (χ0n) is 10.9. The third-order valence-corrected chi connectivity index (χ3v) is 4.40. The van der Waals surface area contributed by atoms with Crippen molar-refractivity contribution in [2.45, 2.75) is 26.4 Å². The summed E-state index contributed by atoms with van der Waals surface area (Å²) < 4.78 is 1.04. The first-order chi connectivity index (χ1) is 8.58. The van der Waals surface area contributed by atoms with Gasteiger partial charge in [-0.15, -0.1) is 0 Å². The van der Waals surface area contributed by atoms with Crippen LogP contribution < -0.4 is 5.32 Å². The van der Waals surface area contributed by atoms with Crippen molar-refractivity contribution in [3.8, 4) is 0 Å². The molecule has 1 aromatic rings. The van der Waals surface area contributed by atoms with E-state index in [4.69, 9.17) is 11.6 Å². The molecule has 1 saturated heterocycles. The van der Waals surface area contributed by atoms with Gasteiger partial charge < -0.3 is 5.32 Å². The maximum atomic E-state index is 6.30. The molecule has 1 aliphatic rings. The molecule has 1 heterocycles. The first-order valence-corrected chi connectivity index (χ1v) is 7.63. The van der Waals surface area contributed by atoms with E-state index in [0.717, 1.165) is 35.7 Å². The minimum absolute atomic E-state index is 0.596. The van der Waals surface area contributed by atoms with Crippen LogP contribution in [0.1, 0.15) is 19.4 Å². The predicted molar refractivity (Wildman–Crippen MR) is 81.1 cm³/mol. The van der Waals surface area contributed by atoms with Crippen LogP contribution in [0.5, 0.6) is 0 Å². The highest BCUT2D eigenvalue weighted by Crippen LogP contribution is 2.24. The van der Waals surface area contributed by atoms with E-state index < -0.39 is 0 Å². The predicted octanol–water partition coefficient (Wildman–Crippen LogP) is 3.53. The van der Waals surface area contributed by atoms with Crippen LogP contribution >= 0.6 is 27.5 Å². The molecule has 18 heavy (non-hydrogen) atoms. The van der Waals surface area contributed by atoms with E-state index >= 15 is 0 Å². The van der Waals surface area contributed by atoms with Crippen LogP contribution in [0.3, 0.4) is 0 Å². The maximum absolute atomic E-state index is 6.30. The molecule has 1 unspecified atom stereocenters. The van der Waals surface area contributed by atoms with Gasteiger partial charge in [0.15, 0.2) is 0 Å². The lowest BCUT2D eigenvalue weighted by Gasteiger charge is -2.38. The Bertz CT molecular complexity index is 409. The Morgan fingerprint density at radius 3 is 2.94 bits per heavy atom. The molecule has 0 spiro atoms. The molecular weight excluding hydrogens is 312 g/mol. The first kappa shape index (κ1) is 14.3. The summed E-state index contributed by atoms with van der Waals surface area (Å²) in [5.74, 6) is 0.659. The molecule has 0 aromatic heterocycles. The molecule has 1 aliphatic heterocycles. The van der Waals surface area contributed by atoms with Gasteiger partial charge in [0.25, 0.3) is 0 Å². The fourth-order valence-electron chi connectivity index (χ4n) is 2.49. The summed E-state index contributed by atoms with van der Waals surface area (Å²) in [5.41, 5.74) is 1.22. The standard InChI is InChI=1S/C14H20BrClN2/c1-10(2)14-8-17-5-6-18(14)9-11-3-4-12(15)7-13(11)16/h3-4,7,10,14,17H,5-6,8-9H2,1-2H3. The van der Waals surface area contributed by atoms with Crippen molar-refractivity contribution < 1.29 is 0 Å². The number of rotatable bonds is 3. The minimum atomic E-state index is 0.596. The fourth-order valence-corrected chi connectivity index (χ4v) is 3.22. The average Bonchev–Trinajstić information content (AvgIpc) is 2.33. The fraction of sp³-hybridized carbons (Fsp3) is 0.571. The van der Waals surface area contributed by atoms with Crippen molar-refractivity contribution in [1.29, 1.82) is 0 Å². The van der Waals surface area contributed by atoms with Crippen LogP contribution in [0, 0.1) is 5.92 Å². The molecule has 1 aromatic carbocycles. The number of halogens is 2. The van der Waals surface area contributed by atoms with Crippen molar-refractivity contribution in [3.05, 3.63) is 33.3 Å². The molecule has 2 rings (SSSR count). The monoisotopic (exact) mass is 330 g/mol. The molecule has 0 saturated carbocycles. The summed E-state index contributed by atoms with van der Waals surface area (Å²) in [6, 6.07) is 6.75. The van der Waals surface area contributed by atoms with Gasteiger partial charge in [0, 0.05) is 41.7 Å². The van der Waals surface area contributed by atoms with Crippen LogP contribution in [0.15, 0.2) is 22.7 Å². The Kier molecular flexibility index (Phi) is 5.07. The van der Waals surface area contributed by atoms with Crippen LogP contribution in [-0.4, -0.2) is 30.6 Å². The smallest absolute Gasteiger partial charge is 0.0462 e. The van der Waals surface area contributed by atoms with Crippen LogP contribution in [0.25, 0.3) is 0 Å². The zero-order chi connectivity index (χ0) is 13.1. The summed E-state index contributed by atoms with van der Waals surface area (Å²) in [4.78, 5) is 2.54. The Morgan fingerprint density at radius 2 is 2.28 bits per heavy atom. The Balaban J connectivity index is 2.11. The maximum Gasteiger partial charge on any atom is 0.0462 e. The number of hydrogen-bond acceptors (Lipinski definition) is 2. The van der Waals surface area contributed by atoms with Gasteiger partial charge in [0.05, 0.1) is 0 Å². The number of piperazine rings is 1. The van der Waals surface area contributed by atoms with Gasteiger partial charge in [-0.05, 0) is 23.6 Å². The summed E-state index contributed by atoms with van der Waals surface area (Å²) in [5, 5.41) is 4.33. The number of nitrogens with zero attached hydrogens (tertiary/aromatic N) is 1. The van der Waals surface area contributed by atoms with Crippen molar-refractivity contribution in [1.82, 2.24) is 10.2 Å². The highest BCUT2D eigenvalue weighted by atomic mass is 79.9. The second-order valence-electron chi connectivity index (χ2n) is 5.22. The molecule has 1 atom stereocenters. The van der Waals surface area contributed by atoms with Gasteiger partial charge in [0.2, 0.25) is 0 Å². The second kappa shape index (κ2) is 6.38.